The van der Waals surface area contributed by atoms with Crippen LogP contribution in [0.25, 0.3) is 0 Å². The van der Waals surface area contributed by atoms with E-state index in [1.165, 1.54) is 0 Å². The molecule has 1 amide bonds. The van der Waals surface area contributed by atoms with Gasteiger partial charge in [0.05, 0.1) is 6.42 Å². The van der Waals surface area contributed by atoms with Gasteiger partial charge in [0.15, 0.2) is 0 Å². The van der Waals surface area contributed by atoms with Crippen LogP contribution in [-0.2, 0) is 11.2 Å². The van der Waals surface area contributed by atoms with Crippen LogP contribution in [-0.4, -0.2) is 19.0 Å². The summed E-state index contributed by atoms with van der Waals surface area (Å²) < 4.78 is 0. The van der Waals surface area contributed by atoms with Crippen LogP contribution in [0.4, 0.5) is 5.69 Å². The van der Waals surface area contributed by atoms with Gasteiger partial charge in [0.25, 0.3) is 0 Å². The summed E-state index contributed by atoms with van der Waals surface area (Å²) in [6, 6.07) is 5.92. The van der Waals surface area contributed by atoms with E-state index < -0.39 is 0 Å². The number of fused-ring (bicyclic) bond motifs is 1. The predicted molar refractivity (Wildman–Crippen MR) is 64.2 cm³/mol. The summed E-state index contributed by atoms with van der Waals surface area (Å²) >= 11 is 0. The van der Waals surface area contributed by atoms with Crippen molar-refractivity contribution in [2.24, 2.45) is 5.73 Å². The van der Waals surface area contributed by atoms with E-state index in [1.54, 1.807) is 0 Å². The minimum atomic E-state index is -0.0130. The lowest BCUT2D eigenvalue weighted by Gasteiger charge is -2.13. The minimum Gasteiger partial charge on any atom is -0.326 e. The SMILES string of the molecule is CCNCC(N)c1ccc2c(c1)CC(=O)N2. The first-order valence-corrected chi connectivity index (χ1v) is 5.59. The van der Waals surface area contributed by atoms with Crippen LogP contribution in [0, 0.1) is 0 Å². The Bertz CT molecular complexity index is 403. The summed E-state index contributed by atoms with van der Waals surface area (Å²) in [6.07, 6.45) is 0.469. The van der Waals surface area contributed by atoms with Crippen molar-refractivity contribution in [1.82, 2.24) is 5.32 Å². The van der Waals surface area contributed by atoms with Gasteiger partial charge in [0.2, 0.25) is 5.91 Å². The first-order chi connectivity index (χ1) is 7.70. The normalized spacial score (nSPS) is 15.8. The molecule has 86 valence electrons. The molecule has 0 aliphatic carbocycles. The molecular formula is C12H17N3O. The molecule has 1 unspecified atom stereocenters. The molecule has 1 aliphatic rings. The maximum absolute atomic E-state index is 11.2. The van der Waals surface area contributed by atoms with Crippen LogP contribution >= 0.6 is 0 Å². The number of rotatable bonds is 4. The van der Waals surface area contributed by atoms with Gasteiger partial charge in [0, 0.05) is 18.3 Å². The van der Waals surface area contributed by atoms with Crippen molar-refractivity contribution in [2.45, 2.75) is 19.4 Å². The molecule has 4 N–H and O–H groups in total. The average molecular weight is 219 g/mol. The smallest absolute Gasteiger partial charge is 0.228 e. The van der Waals surface area contributed by atoms with Crippen molar-refractivity contribution in [1.29, 1.82) is 0 Å². The molecule has 0 bridgehead atoms. The highest BCUT2D eigenvalue weighted by atomic mass is 16.1. The van der Waals surface area contributed by atoms with Gasteiger partial charge in [-0.3, -0.25) is 4.79 Å². The summed E-state index contributed by atoms with van der Waals surface area (Å²) in [4.78, 5) is 11.2. The molecule has 0 fully saturated rings. The number of hydrogen-bond donors (Lipinski definition) is 3. The van der Waals surface area contributed by atoms with Crippen molar-refractivity contribution < 1.29 is 4.79 Å². The Morgan fingerprint density at radius 2 is 2.38 bits per heavy atom. The summed E-state index contributed by atoms with van der Waals surface area (Å²) in [5, 5.41) is 6.03. The quantitative estimate of drug-likeness (QED) is 0.701. The largest absolute Gasteiger partial charge is 0.326 e. The lowest BCUT2D eigenvalue weighted by Crippen LogP contribution is -2.26. The zero-order chi connectivity index (χ0) is 11.5. The van der Waals surface area contributed by atoms with Crippen LogP contribution in [0.3, 0.4) is 0 Å². The second-order valence-electron chi connectivity index (χ2n) is 4.06. The zero-order valence-electron chi connectivity index (χ0n) is 9.42. The topological polar surface area (TPSA) is 67.1 Å². The summed E-state index contributed by atoms with van der Waals surface area (Å²) in [5.41, 5.74) is 9.09. The van der Waals surface area contributed by atoms with Crippen LogP contribution in [0.1, 0.15) is 24.1 Å². The Morgan fingerprint density at radius 3 is 3.12 bits per heavy atom. The number of amides is 1. The first-order valence-electron chi connectivity index (χ1n) is 5.59. The van der Waals surface area contributed by atoms with Crippen molar-refractivity contribution in [3.8, 4) is 0 Å². The van der Waals surface area contributed by atoms with E-state index in [1.807, 2.05) is 18.2 Å². The van der Waals surface area contributed by atoms with E-state index in [4.69, 9.17) is 5.73 Å². The molecule has 0 saturated heterocycles. The number of carbonyl (C=O) groups excluding carboxylic acids is 1. The number of benzene rings is 1. The fraction of sp³-hybridized carbons (Fsp3) is 0.417. The van der Waals surface area contributed by atoms with E-state index >= 15 is 0 Å². The first kappa shape index (κ1) is 11.1. The second-order valence-corrected chi connectivity index (χ2v) is 4.06. The molecule has 4 heteroatoms. The molecule has 1 heterocycles. The van der Waals surface area contributed by atoms with Gasteiger partial charge in [-0.2, -0.15) is 0 Å². The average Bonchev–Trinajstić information content (AvgIpc) is 2.64. The number of nitrogens with one attached hydrogen (secondary N) is 2. The molecule has 0 saturated carbocycles. The van der Waals surface area contributed by atoms with Crippen molar-refractivity contribution in [2.75, 3.05) is 18.4 Å². The molecule has 0 radical (unpaired) electrons. The number of hydrogen-bond acceptors (Lipinski definition) is 3. The molecule has 1 atom stereocenters. The Labute approximate surface area is 95.2 Å². The molecule has 0 spiro atoms. The summed E-state index contributed by atoms with van der Waals surface area (Å²) in [6.45, 7) is 3.73. The molecule has 1 aromatic rings. The monoisotopic (exact) mass is 219 g/mol. The molecule has 0 aromatic heterocycles. The van der Waals surface area contributed by atoms with Crippen LogP contribution in [0.5, 0.6) is 0 Å². The highest BCUT2D eigenvalue weighted by Gasteiger charge is 2.18. The van der Waals surface area contributed by atoms with E-state index in [0.29, 0.717) is 6.42 Å². The van der Waals surface area contributed by atoms with Crippen molar-refractivity contribution in [3.05, 3.63) is 29.3 Å². The van der Waals surface area contributed by atoms with E-state index in [0.717, 1.165) is 29.9 Å². The van der Waals surface area contributed by atoms with Gasteiger partial charge in [-0.1, -0.05) is 19.1 Å². The Balaban J connectivity index is 2.12. The van der Waals surface area contributed by atoms with Crippen LogP contribution in [0.15, 0.2) is 18.2 Å². The number of anilines is 1. The predicted octanol–water partition coefficient (Wildman–Crippen LogP) is 0.791. The van der Waals surface area contributed by atoms with Gasteiger partial charge in [-0.25, -0.2) is 0 Å². The van der Waals surface area contributed by atoms with E-state index in [2.05, 4.69) is 17.6 Å². The second kappa shape index (κ2) is 4.63. The van der Waals surface area contributed by atoms with Gasteiger partial charge >= 0.3 is 0 Å². The van der Waals surface area contributed by atoms with E-state index in [9.17, 15) is 4.79 Å². The third kappa shape index (κ3) is 2.23. The van der Waals surface area contributed by atoms with Crippen molar-refractivity contribution in [3.63, 3.8) is 0 Å². The van der Waals surface area contributed by atoms with Gasteiger partial charge in [-0.15, -0.1) is 0 Å². The minimum absolute atomic E-state index is 0.0130. The fourth-order valence-corrected chi connectivity index (χ4v) is 1.90. The van der Waals surface area contributed by atoms with Crippen LogP contribution in [0.2, 0.25) is 0 Å². The van der Waals surface area contributed by atoms with Gasteiger partial charge < -0.3 is 16.4 Å². The standard InChI is InChI=1S/C12H17N3O/c1-2-14-7-10(13)8-3-4-11-9(5-8)6-12(16)15-11/h3-5,10,14H,2,6-7,13H2,1H3,(H,15,16). The maximum Gasteiger partial charge on any atom is 0.228 e. The van der Waals surface area contributed by atoms with Crippen LogP contribution < -0.4 is 16.4 Å². The molecule has 1 aliphatic heterocycles. The zero-order valence-corrected chi connectivity index (χ0v) is 9.42. The van der Waals surface area contributed by atoms with Crippen molar-refractivity contribution >= 4 is 11.6 Å². The number of nitrogens with two attached hydrogens (primary N) is 1. The molecule has 16 heavy (non-hydrogen) atoms. The Morgan fingerprint density at radius 1 is 1.56 bits per heavy atom. The summed E-state index contributed by atoms with van der Waals surface area (Å²) in [5.74, 6) is 0.0624. The van der Waals surface area contributed by atoms with E-state index in [-0.39, 0.29) is 11.9 Å². The fourth-order valence-electron chi connectivity index (χ4n) is 1.90. The summed E-state index contributed by atoms with van der Waals surface area (Å²) in [7, 11) is 0. The molecule has 2 rings (SSSR count). The number of likely N-dealkylation sites (N-methyl/N-ethyl adjacent to an activating group) is 1. The molecular weight excluding hydrogens is 202 g/mol. The highest BCUT2D eigenvalue weighted by Crippen LogP contribution is 2.25. The lowest BCUT2D eigenvalue weighted by molar-refractivity contribution is -0.115. The maximum atomic E-state index is 11.2. The Kier molecular flexibility index (Phi) is 3.22. The highest BCUT2D eigenvalue weighted by molar-refractivity contribution is 5.99. The third-order valence-electron chi connectivity index (χ3n) is 2.80. The third-order valence-corrected chi connectivity index (χ3v) is 2.80. The molecule has 4 nitrogen and oxygen atoms in total. The Hall–Kier alpha value is -1.39. The van der Waals surface area contributed by atoms with Gasteiger partial charge in [0.1, 0.15) is 0 Å². The van der Waals surface area contributed by atoms with Gasteiger partial charge in [-0.05, 0) is 23.7 Å². The number of carbonyl (C=O) groups is 1. The lowest BCUT2D eigenvalue weighted by atomic mass is 10.0. The molecule has 1 aromatic carbocycles.